The van der Waals surface area contributed by atoms with E-state index in [4.69, 9.17) is 4.74 Å². The molecule has 0 spiro atoms. The Hall–Kier alpha value is -2.82. The Morgan fingerprint density at radius 2 is 1.58 bits per heavy atom. The monoisotopic (exact) mass is 326 g/mol. The predicted molar refractivity (Wildman–Crippen MR) is 94.3 cm³/mol. The normalized spacial score (nSPS) is 10.1. The third kappa shape index (κ3) is 5.43. The average Bonchev–Trinajstić information content (AvgIpc) is 2.54. The van der Waals surface area contributed by atoms with Crippen molar-refractivity contribution in [3.05, 3.63) is 59.2 Å². The maximum Gasteiger partial charge on any atom is 0.262 e. The molecule has 0 unspecified atom stereocenters. The van der Waals surface area contributed by atoms with Crippen LogP contribution in [0.1, 0.15) is 16.7 Å². The molecule has 0 heterocycles. The van der Waals surface area contributed by atoms with Crippen LogP contribution >= 0.6 is 0 Å². The summed E-state index contributed by atoms with van der Waals surface area (Å²) in [5, 5.41) is 5.35. The zero-order chi connectivity index (χ0) is 17.5. The molecule has 2 N–H and O–H groups in total. The Morgan fingerprint density at radius 1 is 0.958 bits per heavy atom. The summed E-state index contributed by atoms with van der Waals surface area (Å²) >= 11 is 0. The molecule has 2 aromatic rings. The largest absolute Gasteiger partial charge is 0.484 e. The number of rotatable bonds is 6. The molecule has 0 aliphatic heterocycles. The fourth-order valence-electron chi connectivity index (χ4n) is 2.34. The number of carbonyl (C=O) groups is 2. The van der Waals surface area contributed by atoms with Crippen LogP contribution in [-0.2, 0) is 16.0 Å². The molecule has 2 aromatic carbocycles. The fraction of sp³-hybridized carbons (Fsp3) is 0.263. The van der Waals surface area contributed by atoms with E-state index in [2.05, 4.69) is 10.6 Å². The number of anilines is 1. The van der Waals surface area contributed by atoms with Crippen LogP contribution in [0.3, 0.4) is 0 Å². The summed E-state index contributed by atoms with van der Waals surface area (Å²) in [4.78, 5) is 23.3. The predicted octanol–water partition coefficient (Wildman–Crippen LogP) is 2.61. The van der Waals surface area contributed by atoms with E-state index >= 15 is 0 Å². The first-order valence-corrected chi connectivity index (χ1v) is 7.77. The highest BCUT2D eigenvalue weighted by atomic mass is 16.5. The molecule has 0 atom stereocenters. The Balaban J connectivity index is 1.86. The van der Waals surface area contributed by atoms with Gasteiger partial charge in [-0.25, -0.2) is 0 Å². The molecule has 0 saturated carbocycles. The third-order valence-electron chi connectivity index (χ3n) is 3.45. The average molecular weight is 326 g/mol. The second-order valence-corrected chi connectivity index (χ2v) is 5.71. The van der Waals surface area contributed by atoms with Gasteiger partial charge in [0.15, 0.2) is 6.61 Å². The minimum absolute atomic E-state index is 0.0476. The van der Waals surface area contributed by atoms with Crippen molar-refractivity contribution in [2.75, 3.05) is 19.0 Å². The molecule has 2 rings (SSSR count). The van der Waals surface area contributed by atoms with Crippen LogP contribution in [0.25, 0.3) is 0 Å². The summed E-state index contributed by atoms with van der Waals surface area (Å²) in [6.07, 6.45) is 0.320. The van der Waals surface area contributed by atoms with Gasteiger partial charge in [0, 0.05) is 12.7 Å². The van der Waals surface area contributed by atoms with Crippen molar-refractivity contribution in [2.45, 2.75) is 20.3 Å². The third-order valence-corrected chi connectivity index (χ3v) is 3.45. The van der Waals surface area contributed by atoms with Crippen molar-refractivity contribution in [3.63, 3.8) is 0 Å². The maximum absolute atomic E-state index is 12.0. The molecule has 0 fully saturated rings. The summed E-state index contributed by atoms with van der Waals surface area (Å²) < 4.78 is 5.53. The molecule has 0 saturated heterocycles. The molecule has 0 radical (unpaired) electrons. The molecule has 24 heavy (non-hydrogen) atoms. The van der Waals surface area contributed by atoms with Crippen LogP contribution < -0.4 is 15.4 Å². The van der Waals surface area contributed by atoms with Crippen molar-refractivity contribution < 1.29 is 14.3 Å². The van der Waals surface area contributed by atoms with E-state index in [1.807, 2.05) is 44.2 Å². The summed E-state index contributed by atoms with van der Waals surface area (Å²) in [6, 6.07) is 13.0. The smallest absolute Gasteiger partial charge is 0.262 e. The molecule has 2 amide bonds. The van der Waals surface area contributed by atoms with E-state index in [9.17, 15) is 9.59 Å². The fourth-order valence-corrected chi connectivity index (χ4v) is 2.34. The molecule has 0 bridgehead atoms. The first-order valence-electron chi connectivity index (χ1n) is 7.77. The van der Waals surface area contributed by atoms with Gasteiger partial charge in [-0.15, -0.1) is 0 Å². The molecule has 5 nitrogen and oxygen atoms in total. The maximum atomic E-state index is 12.0. The van der Waals surface area contributed by atoms with Crippen LogP contribution in [0.15, 0.2) is 42.5 Å². The minimum atomic E-state index is -0.229. The van der Waals surface area contributed by atoms with E-state index in [0.29, 0.717) is 17.9 Å². The van der Waals surface area contributed by atoms with E-state index in [-0.39, 0.29) is 18.4 Å². The molecule has 0 aromatic heterocycles. The van der Waals surface area contributed by atoms with Gasteiger partial charge in [0.25, 0.3) is 5.91 Å². The van der Waals surface area contributed by atoms with Crippen molar-refractivity contribution >= 4 is 17.5 Å². The Kier molecular flexibility index (Phi) is 5.95. The number of amides is 2. The summed E-state index contributed by atoms with van der Waals surface area (Å²) in [6.45, 7) is 3.92. The van der Waals surface area contributed by atoms with Crippen molar-refractivity contribution in [2.24, 2.45) is 0 Å². The highest BCUT2D eigenvalue weighted by Gasteiger charge is 2.06. The van der Waals surface area contributed by atoms with Crippen LogP contribution in [0, 0.1) is 13.8 Å². The lowest BCUT2D eigenvalue weighted by molar-refractivity contribution is -0.120. The number of hydrogen-bond acceptors (Lipinski definition) is 3. The van der Waals surface area contributed by atoms with Gasteiger partial charge in [0.1, 0.15) is 5.75 Å². The van der Waals surface area contributed by atoms with E-state index in [1.165, 1.54) is 0 Å². The summed E-state index contributed by atoms with van der Waals surface area (Å²) in [5.41, 5.74) is 3.75. The van der Waals surface area contributed by atoms with Crippen LogP contribution in [0.5, 0.6) is 5.75 Å². The van der Waals surface area contributed by atoms with Gasteiger partial charge >= 0.3 is 0 Å². The topological polar surface area (TPSA) is 67.4 Å². The molecular formula is C19H22N2O3. The Morgan fingerprint density at radius 3 is 2.17 bits per heavy atom. The zero-order valence-corrected chi connectivity index (χ0v) is 14.2. The summed E-state index contributed by atoms with van der Waals surface area (Å²) in [7, 11) is 1.60. The molecule has 0 aliphatic carbocycles. The van der Waals surface area contributed by atoms with Crippen molar-refractivity contribution in [3.8, 4) is 5.75 Å². The molecular weight excluding hydrogens is 304 g/mol. The lowest BCUT2D eigenvalue weighted by atomic mass is 10.1. The van der Waals surface area contributed by atoms with Crippen molar-refractivity contribution in [1.82, 2.24) is 5.32 Å². The van der Waals surface area contributed by atoms with Gasteiger partial charge in [-0.2, -0.15) is 0 Å². The standard InChI is InChI=1S/C19H22N2O3/c1-13-8-14(2)10-17(9-13)24-12-19(23)21-16-6-4-15(5-7-16)11-18(22)20-3/h4-10H,11-12H2,1-3H3,(H,20,22)(H,21,23). The molecule has 5 heteroatoms. The van der Waals surface area contributed by atoms with E-state index in [1.54, 1.807) is 19.2 Å². The lowest BCUT2D eigenvalue weighted by Crippen LogP contribution is -2.21. The number of ether oxygens (including phenoxy) is 1. The number of hydrogen-bond donors (Lipinski definition) is 2. The molecule has 0 aliphatic rings. The van der Waals surface area contributed by atoms with Crippen LogP contribution in [0.4, 0.5) is 5.69 Å². The second-order valence-electron chi connectivity index (χ2n) is 5.71. The van der Waals surface area contributed by atoms with Gasteiger partial charge in [-0.05, 0) is 54.8 Å². The highest BCUT2D eigenvalue weighted by molar-refractivity contribution is 5.92. The first-order chi connectivity index (χ1) is 11.5. The second kappa shape index (κ2) is 8.15. The van der Waals surface area contributed by atoms with Crippen LogP contribution in [-0.4, -0.2) is 25.5 Å². The van der Waals surface area contributed by atoms with Crippen molar-refractivity contribution in [1.29, 1.82) is 0 Å². The number of aryl methyl sites for hydroxylation is 2. The number of carbonyl (C=O) groups excluding carboxylic acids is 2. The van der Waals surface area contributed by atoms with Gasteiger partial charge in [-0.3, -0.25) is 9.59 Å². The summed E-state index contributed by atoms with van der Waals surface area (Å²) in [5.74, 6) is 0.408. The van der Waals surface area contributed by atoms with Gasteiger partial charge in [-0.1, -0.05) is 18.2 Å². The molecule has 126 valence electrons. The number of nitrogens with one attached hydrogen (secondary N) is 2. The quantitative estimate of drug-likeness (QED) is 0.857. The van der Waals surface area contributed by atoms with E-state index in [0.717, 1.165) is 16.7 Å². The zero-order valence-electron chi connectivity index (χ0n) is 14.2. The van der Waals surface area contributed by atoms with Gasteiger partial charge in [0.05, 0.1) is 6.42 Å². The SMILES string of the molecule is CNC(=O)Cc1ccc(NC(=O)COc2cc(C)cc(C)c2)cc1. The Labute approximate surface area is 142 Å². The first kappa shape index (κ1) is 17.5. The Bertz CT molecular complexity index is 704. The highest BCUT2D eigenvalue weighted by Crippen LogP contribution is 2.16. The van der Waals surface area contributed by atoms with Gasteiger partial charge in [0.2, 0.25) is 5.91 Å². The lowest BCUT2D eigenvalue weighted by Gasteiger charge is -2.09. The van der Waals surface area contributed by atoms with Gasteiger partial charge < -0.3 is 15.4 Å². The van der Waals surface area contributed by atoms with E-state index < -0.39 is 0 Å². The minimum Gasteiger partial charge on any atom is -0.484 e. The number of benzene rings is 2. The number of likely N-dealkylation sites (N-methyl/N-ethyl adjacent to an activating group) is 1. The van der Waals surface area contributed by atoms with Crippen LogP contribution in [0.2, 0.25) is 0 Å².